The Morgan fingerprint density at radius 1 is 0.460 bits per heavy atom. The van der Waals surface area contributed by atoms with Crippen molar-refractivity contribution in [3.05, 3.63) is 168 Å². The number of hydrogen-bond donors (Lipinski definition) is 20. The summed E-state index contributed by atoms with van der Waals surface area (Å²) in [6, 6.07) is 12.2. The van der Waals surface area contributed by atoms with Crippen molar-refractivity contribution in [1.29, 1.82) is 0 Å². The number of phenolic OH excluding ortho intramolecular Hbond substituents is 2. The zero-order valence-corrected chi connectivity index (χ0v) is 77.4. The molecular weight excluding hydrogens is 1770 g/mol. The van der Waals surface area contributed by atoms with Crippen LogP contribution in [-0.4, -0.2) is 268 Å². The fraction of sp³-hybridized carbons (Fsp3) is 0.458. The molecule has 17 amide bonds. The van der Waals surface area contributed by atoms with Gasteiger partial charge in [-0.2, -0.15) is 0 Å². The van der Waals surface area contributed by atoms with Crippen molar-refractivity contribution < 1.29 is 107 Å². The predicted molar refractivity (Wildman–Crippen MR) is 498 cm³/mol. The van der Waals surface area contributed by atoms with Crippen LogP contribution in [0.2, 0.25) is 0 Å². The molecule has 7 aromatic rings. The molecule has 5 aromatic carbocycles. The van der Waals surface area contributed by atoms with Gasteiger partial charge in [0.2, 0.25) is 94.5 Å². The number of aromatic hydroxyl groups is 2. The number of rotatable bonds is 48. The van der Waals surface area contributed by atoms with Gasteiger partial charge in [-0.1, -0.05) is 119 Å². The normalized spacial score (nSPS) is 17.2. The number of aliphatic carboxylic acids is 1. The molecule has 3 saturated heterocycles. The molecule has 1 unspecified atom stereocenters. The summed E-state index contributed by atoms with van der Waals surface area (Å²) in [6.07, 6.45) is -1.38. The Bertz CT molecular complexity index is 5530. The number of carboxylic acid groups (broad SMARTS) is 1. The molecule has 0 saturated carbocycles. The smallest absolute Gasteiger partial charge is 0.303 e. The van der Waals surface area contributed by atoms with Crippen molar-refractivity contribution in [3.63, 3.8) is 0 Å². The molecule has 41 nitrogen and oxygen atoms in total. The number of benzene rings is 5. The fourth-order valence-corrected chi connectivity index (χ4v) is 16.9. The van der Waals surface area contributed by atoms with Crippen LogP contribution in [0.25, 0.3) is 21.8 Å². The summed E-state index contributed by atoms with van der Waals surface area (Å²) in [4.78, 5) is 267. The highest BCUT2D eigenvalue weighted by Crippen LogP contribution is 2.28. The van der Waals surface area contributed by atoms with Crippen LogP contribution in [0.5, 0.6) is 11.5 Å². The number of aromatic amines is 2. The van der Waals surface area contributed by atoms with Crippen LogP contribution in [0, 0.1) is 11.8 Å². The van der Waals surface area contributed by atoms with Gasteiger partial charge in [0.25, 0.3) is 5.91 Å². The molecule has 3 fully saturated rings. The van der Waals surface area contributed by atoms with E-state index in [2.05, 4.69) is 73.8 Å². The number of phenols is 2. The maximum absolute atomic E-state index is 15.9. The highest BCUT2D eigenvalue weighted by atomic mass is 16.4. The second kappa shape index (κ2) is 49.0. The largest absolute Gasteiger partial charge is 0.508 e. The Balaban J connectivity index is 0.879. The zero-order valence-electron chi connectivity index (χ0n) is 77.4. The van der Waals surface area contributed by atoms with Gasteiger partial charge in [-0.25, -0.2) is 0 Å². The number of carbonyl (C=O) groups excluding carboxylic acids is 17. The van der Waals surface area contributed by atoms with Crippen molar-refractivity contribution in [3.8, 4) is 11.5 Å². The van der Waals surface area contributed by atoms with Crippen molar-refractivity contribution in [2.45, 2.75) is 242 Å². The number of imide groups is 1. The van der Waals surface area contributed by atoms with Crippen LogP contribution in [-0.2, 0) is 118 Å². The van der Waals surface area contributed by atoms with Crippen molar-refractivity contribution in [2.75, 3.05) is 26.2 Å². The summed E-state index contributed by atoms with van der Waals surface area (Å²) in [6.45, 7) is 10.3. The monoisotopic (exact) mass is 1890 g/mol. The number of para-hydroxylation sites is 2. The molecule has 0 radical (unpaired) electrons. The van der Waals surface area contributed by atoms with E-state index < -0.39 is 242 Å². The van der Waals surface area contributed by atoms with Gasteiger partial charge in [-0.05, 0) is 154 Å². The van der Waals surface area contributed by atoms with Gasteiger partial charge >= 0.3 is 5.97 Å². The van der Waals surface area contributed by atoms with Gasteiger partial charge in [0.1, 0.15) is 90.0 Å². The molecule has 10 rings (SSSR count). The number of carboxylic acids is 1. The number of nitrogens with two attached hydrogens (primary N) is 2. The second-order valence-corrected chi connectivity index (χ2v) is 35.8. The molecule has 137 heavy (non-hydrogen) atoms. The summed E-state index contributed by atoms with van der Waals surface area (Å²) < 4.78 is 0. The molecule has 41 heteroatoms. The lowest BCUT2D eigenvalue weighted by molar-refractivity contribution is -0.156. The zero-order chi connectivity index (χ0) is 99.6. The van der Waals surface area contributed by atoms with E-state index in [0.717, 1.165) is 4.90 Å². The third kappa shape index (κ3) is 29.4. The first-order valence-corrected chi connectivity index (χ1v) is 45.9. The first kappa shape index (κ1) is 104. The van der Waals surface area contributed by atoms with Crippen LogP contribution in [0.3, 0.4) is 0 Å². The van der Waals surface area contributed by atoms with Crippen LogP contribution < -0.4 is 75.3 Å². The second-order valence-electron chi connectivity index (χ2n) is 35.8. The Morgan fingerprint density at radius 3 is 1.42 bits per heavy atom. The van der Waals surface area contributed by atoms with Crippen LogP contribution in [0.4, 0.5) is 0 Å². The average molecular weight is 1900 g/mol. The highest BCUT2D eigenvalue weighted by Gasteiger charge is 2.47. The molecule has 22 N–H and O–H groups in total. The quantitative estimate of drug-likeness (QED) is 0.0233. The Hall–Kier alpha value is -14.6. The number of amides is 17. The minimum Gasteiger partial charge on any atom is -0.508 e. The molecule has 0 aliphatic carbocycles. The molecule has 0 spiro atoms. The number of aliphatic hydroxyl groups is 1. The van der Waals surface area contributed by atoms with Crippen LogP contribution in [0.1, 0.15) is 147 Å². The predicted octanol–water partition coefficient (Wildman–Crippen LogP) is -0.266. The number of H-pyrrole nitrogens is 2. The number of fused-ring (bicyclic) bond motifs is 2. The molecular formula is C96H123N19O22. The lowest BCUT2D eigenvalue weighted by Crippen LogP contribution is -2.66. The topological polar surface area (TPSA) is 626 Å². The lowest BCUT2D eigenvalue weighted by atomic mass is 9.97. The van der Waals surface area contributed by atoms with Gasteiger partial charge in [0.05, 0.1) is 18.7 Å². The average Bonchev–Trinajstić information content (AvgIpc) is 1.78. The van der Waals surface area contributed by atoms with E-state index in [1.807, 2.05) is 13.8 Å². The number of aromatic nitrogens is 2. The summed E-state index contributed by atoms with van der Waals surface area (Å²) >= 11 is 0. The summed E-state index contributed by atoms with van der Waals surface area (Å²) in [5.74, 6) is -18.0. The van der Waals surface area contributed by atoms with Crippen LogP contribution >= 0.6 is 0 Å². The number of nitrogens with zero attached hydrogens (tertiary/aromatic N) is 3. The molecule has 2 aromatic heterocycles. The number of hydrogen-bond acceptors (Lipinski definition) is 22. The number of primary amides is 2. The summed E-state index contributed by atoms with van der Waals surface area (Å²) in [5.41, 5.74) is 14.8. The first-order valence-electron chi connectivity index (χ1n) is 45.9. The number of nitrogens with one attached hydrogen (secondary N) is 14. The van der Waals surface area contributed by atoms with Crippen molar-refractivity contribution in [2.24, 2.45) is 23.3 Å². The number of aliphatic hydroxyl groups excluding tert-OH is 1. The third-order valence-electron chi connectivity index (χ3n) is 24.2. The number of likely N-dealkylation sites (tertiary alicyclic amines) is 2. The molecule has 3 aliphatic rings. The van der Waals surface area contributed by atoms with Crippen molar-refractivity contribution in [1.82, 2.24) is 88.5 Å². The van der Waals surface area contributed by atoms with Gasteiger partial charge < -0.3 is 115 Å². The van der Waals surface area contributed by atoms with Gasteiger partial charge in [0, 0.05) is 99.2 Å². The van der Waals surface area contributed by atoms with E-state index in [1.54, 1.807) is 105 Å². The molecule has 0 bridgehead atoms. The third-order valence-corrected chi connectivity index (χ3v) is 24.2. The van der Waals surface area contributed by atoms with Gasteiger partial charge in [-0.3, -0.25) is 91.2 Å². The molecule has 734 valence electrons. The molecule has 5 heterocycles. The summed E-state index contributed by atoms with van der Waals surface area (Å²) in [5, 5.41) is 75.0. The maximum Gasteiger partial charge on any atom is 0.303 e. The van der Waals surface area contributed by atoms with Crippen LogP contribution in [0.15, 0.2) is 140 Å². The Kier molecular flexibility index (Phi) is 37.4. The lowest BCUT2D eigenvalue weighted by Gasteiger charge is -2.38. The SMILES string of the molecule is CC(=O)N[C@@H](Cc1ccccc1)C(=O)N[C@@H](CCC(=O)O)C(=O)N[C@@H](Cc1c[nH]c2ccccc12)C(=O)N[C@H](C(=O)N1CCC[C@H]1C(=O)NCC(=O)N[C@@H](Cc1c[nH]c2ccccc12)C(=O)N[C@@H](Cc1ccc(O)cc1)C(=O)N[C@@H](CCC(N)=O)C(=O)N(C(=O)C1CCN1)[C@@H](Cc1ccc(O)cc1)C(=O)N[C@@H](C)C(=O)N[C@@H](CC(C)C)C(=O)N1CCC[C@H]1C(=O)N[C@@H](CC(C)C)C(N)=O)[C@@H](C)O. The summed E-state index contributed by atoms with van der Waals surface area (Å²) in [7, 11) is 0. The standard InChI is InChI=1S/C96H123N19O22/c1-51(2)41-70(83(98)124)108-91(132)77-24-16-39-113(77)93(134)75(42-52(3)4)111-84(125)53(5)103-92(133)78(45-58-27-31-62(119)32-28-58)115(94(135)68-37-38-99-68)95(136)69(33-35-79(97)120)107-87(128)72(44-57-25-29-61(118)30-26-57)109-88(129)73(46-59-48-100-65-21-13-11-19-63(59)65)105-80(121)50-102-90(131)76-23-15-40-114(76)96(137)82(54(6)116)112-89(130)74(47-60-49-101-66-22-14-12-20-64(60)66)110-85(126)67(34-36-81(122)123)106-86(127)71(104-55(7)117)43-56-17-9-8-10-18-56/h8-14,17-22,25-32,48-49,51-54,67-78,82,99-101,116,118-119H,15-16,23-24,33-47,50H2,1-7H3,(H2,97,120)(H2,98,124)(H,102,131)(H,103,133)(H,104,117)(H,105,121)(H,106,127)(H,107,128)(H,108,132)(H,109,129)(H,110,126)(H,111,125)(H,112,130)(H,122,123)/t53-,54+,67-,68?,69-,70-,71-,72-,73-,74-,75-,76-,77-,78-,82-/m0/s1. The molecule has 3 aliphatic heterocycles. The van der Waals surface area contributed by atoms with Gasteiger partial charge in [0.15, 0.2) is 0 Å². The van der Waals surface area contributed by atoms with E-state index in [1.165, 1.54) is 74.2 Å². The van der Waals surface area contributed by atoms with E-state index in [4.69, 9.17) is 11.5 Å². The number of carbonyl (C=O) groups is 18. The maximum atomic E-state index is 15.9. The molecule has 15 atom stereocenters. The van der Waals surface area contributed by atoms with E-state index >= 15 is 24.0 Å². The van der Waals surface area contributed by atoms with Crippen molar-refractivity contribution >= 4 is 128 Å². The first-order chi connectivity index (χ1) is 65.2. The highest BCUT2D eigenvalue weighted by molar-refractivity contribution is 6.07. The van der Waals surface area contributed by atoms with Gasteiger partial charge in [-0.15, -0.1) is 0 Å². The minimum atomic E-state index is -1.97. The van der Waals surface area contributed by atoms with E-state index in [9.17, 15) is 82.8 Å². The van der Waals surface area contributed by atoms with E-state index in [0.29, 0.717) is 49.8 Å². The minimum absolute atomic E-state index is 0.0116. The fourth-order valence-electron chi connectivity index (χ4n) is 16.9. The van der Waals surface area contributed by atoms with E-state index in [-0.39, 0.29) is 112 Å². The Labute approximate surface area is 790 Å². The Morgan fingerprint density at radius 2 is 0.912 bits per heavy atom.